The van der Waals surface area contributed by atoms with Gasteiger partial charge in [-0.1, -0.05) is 0 Å². The van der Waals surface area contributed by atoms with Crippen LogP contribution in [0.2, 0.25) is 0 Å². The number of ether oxygens (including phenoxy) is 3. The number of methoxy groups -OCH3 is 3. The molecule has 1 saturated heterocycles. The van der Waals surface area contributed by atoms with E-state index in [1.807, 2.05) is 17.0 Å². The molecule has 3 rings (SSSR count). The average molecular weight is 415 g/mol. The summed E-state index contributed by atoms with van der Waals surface area (Å²) in [6.07, 6.45) is 3.35. The molecule has 0 radical (unpaired) electrons. The van der Waals surface area contributed by atoms with Crippen LogP contribution in [0.3, 0.4) is 0 Å². The van der Waals surface area contributed by atoms with Gasteiger partial charge in [0.25, 0.3) is 0 Å². The molecule has 1 heterocycles. The number of quaternary nitrogens is 1. The molecule has 2 aromatic carbocycles. The maximum atomic E-state index is 13.6. The van der Waals surface area contributed by atoms with Gasteiger partial charge in [-0.25, -0.2) is 4.39 Å². The van der Waals surface area contributed by atoms with Crippen molar-refractivity contribution in [3.8, 4) is 17.2 Å². The largest absolute Gasteiger partial charge is 0.497 e. The average Bonchev–Trinajstić information content (AvgIpc) is 2.77. The molecule has 1 aliphatic rings. The minimum absolute atomic E-state index is 0.0285. The van der Waals surface area contributed by atoms with E-state index in [1.165, 1.54) is 17.0 Å². The van der Waals surface area contributed by atoms with Crippen molar-refractivity contribution < 1.29 is 28.3 Å². The summed E-state index contributed by atoms with van der Waals surface area (Å²) in [5.41, 5.74) is 1.68. The molecule has 0 aliphatic carbocycles. The van der Waals surface area contributed by atoms with Gasteiger partial charge in [-0.05, 0) is 42.0 Å². The Morgan fingerprint density at radius 3 is 2.30 bits per heavy atom. The smallest absolute Gasteiger partial charge is 0.246 e. The van der Waals surface area contributed by atoms with Gasteiger partial charge in [0.2, 0.25) is 5.91 Å². The van der Waals surface area contributed by atoms with Crippen LogP contribution in [0.4, 0.5) is 4.39 Å². The van der Waals surface area contributed by atoms with Crippen molar-refractivity contribution in [1.29, 1.82) is 0 Å². The summed E-state index contributed by atoms with van der Waals surface area (Å²) in [7, 11) is 4.77. The van der Waals surface area contributed by atoms with E-state index >= 15 is 0 Å². The first-order valence-corrected chi connectivity index (χ1v) is 9.88. The van der Waals surface area contributed by atoms with Crippen molar-refractivity contribution in [2.24, 2.45) is 0 Å². The van der Waals surface area contributed by atoms with Crippen LogP contribution < -0.4 is 19.1 Å². The highest BCUT2D eigenvalue weighted by Crippen LogP contribution is 2.23. The minimum atomic E-state index is -0.265. The molecule has 1 N–H and O–H groups in total. The van der Waals surface area contributed by atoms with Crippen LogP contribution in [0.5, 0.6) is 17.2 Å². The summed E-state index contributed by atoms with van der Waals surface area (Å²) >= 11 is 0. The Hall–Kier alpha value is -3.06. The monoisotopic (exact) mass is 415 g/mol. The van der Waals surface area contributed by atoms with Crippen molar-refractivity contribution in [3.05, 3.63) is 59.4 Å². The molecule has 7 heteroatoms. The highest BCUT2D eigenvalue weighted by Gasteiger charge is 2.23. The SMILES string of the molecule is COc1cc(/C=C/C(=O)N2CC[NH+](Cc3cc(F)ccc3OC)CC2)cc(OC)c1. The van der Waals surface area contributed by atoms with Gasteiger partial charge in [0.1, 0.15) is 29.6 Å². The second-order valence-electron chi connectivity index (χ2n) is 7.19. The van der Waals surface area contributed by atoms with Crippen LogP contribution in [0.1, 0.15) is 11.1 Å². The zero-order chi connectivity index (χ0) is 21.5. The first-order chi connectivity index (χ1) is 14.5. The molecule has 30 heavy (non-hydrogen) atoms. The van der Waals surface area contributed by atoms with E-state index in [2.05, 4.69) is 0 Å². The highest BCUT2D eigenvalue weighted by atomic mass is 19.1. The number of nitrogens with zero attached hydrogens (tertiary/aromatic N) is 1. The molecule has 0 spiro atoms. The molecule has 160 valence electrons. The number of nitrogens with one attached hydrogen (secondary N) is 1. The van der Waals surface area contributed by atoms with Crippen molar-refractivity contribution in [2.75, 3.05) is 47.5 Å². The number of carbonyl (C=O) groups is 1. The minimum Gasteiger partial charge on any atom is -0.497 e. The number of hydrogen-bond acceptors (Lipinski definition) is 4. The summed E-state index contributed by atoms with van der Waals surface area (Å²) in [6, 6.07) is 10.1. The van der Waals surface area contributed by atoms with Gasteiger partial charge in [0.15, 0.2) is 0 Å². The van der Waals surface area contributed by atoms with Gasteiger partial charge in [0, 0.05) is 12.1 Å². The molecule has 2 aromatic rings. The predicted molar refractivity (Wildman–Crippen MR) is 113 cm³/mol. The molecular formula is C23H28FN2O4+. The molecule has 6 nitrogen and oxygen atoms in total. The molecule has 0 bridgehead atoms. The van der Waals surface area contributed by atoms with E-state index < -0.39 is 0 Å². The Balaban J connectivity index is 1.57. The molecular weight excluding hydrogens is 387 g/mol. The van der Waals surface area contributed by atoms with E-state index in [0.29, 0.717) is 36.9 Å². The van der Waals surface area contributed by atoms with Crippen molar-refractivity contribution in [2.45, 2.75) is 6.54 Å². The summed E-state index contributed by atoms with van der Waals surface area (Å²) in [5, 5.41) is 0. The van der Waals surface area contributed by atoms with Crippen LogP contribution >= 0.6 is 0 Å². The number of amides is 1. The summed E-state index contributed by atoms with van der Waals surface area (Å²) in [6.45, 7) is 3.57. The van der Waals surface area contributed by atoms with Crippen LogP contribution in [-0.4, -0.2) is 58.3 Å². The quantitative estimate of drug-likeness (QED) is 0.701. The Kier molecular flexibility index (Phi) is 7.30. The topological polar surface area (TPSA) is 52.4 Å². The Bertz CT molecular complexity index is 886. The van der Waals surface area contributed by atoms with Crippen molar-refractivity contribution >= 4 is 12.0 Å². The lowest BCUT2D eigenvalue weighted by molar-refractivity contribution is -0.917. The third-order valence-electron chi connectivity index (χ3n) is 5.26. The molecule has 0 atom stereocenters. The number of halogens is 1. The molecule has 1 amide bonds. The first kappa shape index (κ1) is 21.6. The normalized spacial score (nSPS) is 14.7. The second-order valence-corrected chi connectivity index (χ2v) is 7.19. The van der Waals surface area contributed by atoms with E-state index in [0.717, 1.165) is 24.2 Å². The van der Waals surface area contributed by atoms with Gasteiger partial charge in [-0.15, -0.1) is 0 Å². The molecule has 0 saturated carbocycles. The highest BCUT2D eigenvalue weighted by molar-refractivity contribution is 5.92. The number of hydrogen-bond donors (Lipinski definition) is 1. The molecule has 1 fully saturated rings. The number of rotatable bonds is 7. The summed E-state index contributed by atoms with van der Waals surface area (Å²) < 4.78 is 29.4. The predicted octanol–water partition coefficient (Wildman–Crippen LogP) is 1.79. The van der Waals surface area contributed by atoms with E-state index in [1.54, 1.807) is 45.6 Å². The Morgan fingerprint density at radius 1 is 1.03 bits per heavy atom. The lowest BCUT2D eigenvalue weighted by atomic mass is 10.1. The standard InChI is InChI=1S/C23H27FN2O4/c1-28-20-12-17(13-21(15-20)29-2)4-7-23(27)26-10-8-25(9-11-26)16-18-14-19(24)5-6-22(18)30-3/h4-7,12-15H,8-11,16H2,1-3H3/p+1/b7-4+. The Morgan fingerprint density at radius 2 is 1.70 bits per heavy atom. The van der Waals surface area contributed by atoms with Crippen LogP contribution in [0, 0.1) is 5.82 Å². The van der Waals surface area contributed by atoms with Crippen molar-refractivity contribution in [3.63, 3.8) is 0 Å². The van der Waals surface area contributed by atoms with Gasteiger partial charge < -0.3 is 24.0 Å². The van der Waals surface area contributed by atoms with Crippen LogP contribution in [-0.2, 0) is 11.3 Å². The number of piperazine rings is 1. The van der Waals surface area contributed by atoms with E-state index in [4.69, 9.17) is 14.2 Å². The Labute approximate surface area is 176 Å². The second kappa shape index (κ2) is 10.1. The third-order valence-corrected chi connectivity index (χ3v) is 5.26. The van der Waals surface area contributed by atoms with Crippen LogP contribution in [0.15, 0.2) is 42.5 Å². The van der Waals surface area contributed by atoms with E-state index in [9.17, 15) is 9.18 Å². The van der Waals surface area contributed by atoms with E-state index in [-0.39, 0.29) is 11.7 Å². The van der Waals surface area contributed by atoms with Crippen LogP contribution in [0.25, 0.3) is 6.08 Å². The van der Waals surface area contributed by atoms with Gasteiger partial charge in [-0.3, -0.25) is 4.79 Å². The zero-order valence-corrected chi connectivity index (χ0v) is 17.6. The lowest BCUT2D eigenvalue weighted by Crippen LogP contribution is -3.13. The lowest BCUT2D eigenvalue weighted by Gasteiger charge is -2.32. The fraction of sp³-hybridized carbons (Fsp3) is 0.348. The van der Waals surface area contributed by atoms with Gasteiger partial charge in [-0.2, -0.15) is 0 Å². The zero-order valence-electron chi connectivity index (χ0n) is 17.6. The first-order valence-electron chi connectivity index (χ1n) is 9.88. The van der Waals surface area contributed by atoms with Gasteiger partial charge >= 0.3 is 0 Å². The number of carbonyl (C=O) groups excluding carboxylic acids is 1. The summed E-state index contributed by atoms with van der Waals surface area (Å²) in [5.74, 6) is 1.74. The molecule has 0 aromatic heterocycles. The van der Waals surface area contributed by atoms with Crippen molar-refractivity contribution in [1.82, 2.24) is 4.90 Å². The molecule has 1 aliphatic heterocycles. The maximum absolute atomic E-state index is 13.6. The fourth-order valence-corrected chi connectivity index (χ4v) is 3.57. The fourth-order valence-electron chi connectivity index (χ4n) is 3.57. The van der Waals surface area contributed by atoms with Gasteiger partial charge in [0.05, 0.1) is 53.1 Å². The molecule has 0 unspecified atom stereocenters. The third kappa shape index (κ3) is 5.51. The maximum Gasteiger partial charge on any atom is 0.246 e. The summed E-state index contributed by atoms with van der Waals surface area (Å²) in [4.78, 5) is 15.7. The number of benzene rings is 2.